The number of aldehydes is 1. The van der Waals surface area contributed by atoms with Crippen molar-refractivity contribution >= 4 is 23.3 Å². The van der Waals surface area contributed by atoms with Crippen molar-refractivity contribution in [2.75, 3.05) is 20.7 Å². The Hall–Kier alpha value is -3.06. The van der Waals surface area contributed by atoms with E-state index in [9.17, 15) is 18.0 Å². The van der Waals surface area contributed by atoms with Gasteiger partial charge in [0.05, 0.1) is 12.0 Å². The molecule has 1 unspecified atom stereocenters. The van der Waals surface area contributed by atoms with Gasteiger partial charge >= 0.3 is 6.36 Å². The Labute approximate surface area is 238 Å². The van der Waals surface area contributed by atoms with Gasteiger partial charge in [-0.3, -0.25) is 0 Å². The van der Waals surface area contributed by atoms with Crippen LogP contribution in [0.5, 0.6) is 17.4 Å². The summed E-state index contributed by atoms with van der Waals surface area (Å²) in [7, 11) is 3.25. The number of aromatic hydroxyl groups is 1. The fraction of sp³-hybridized carbons (Fsp3) is 0.308. The van der Waals surface area contributed by atoms with E-state index in [4.69, 9.17) is 16.3 Å². The van der Waals surface area contributed by atoms with Gasteiger partial charge in [-0.15, -0.1) is 36.6 Å². The van der Waals surface area contributed by atoms with Gasteiger partial charge in [0.1, 0.15) is 17.8 Å². The Morgan fingerprint density at radius 3 is 2.39 bits per heavy atom. The van der Waals surface area contributed by atoms with Crippen LogP contribution in [-0.4, -0.2) is 54.4 Å². The maximum absolute atomic E-state index is 12.5. The zero-order chi connectivity index (χ0) is 27.4. The molecule has 0 spiro atoms. The second-order valence-corrected chi connectivity index (χ2v) is 9.01. The van der Waals surface area contributed by atoms with E-state index < -0.39 is 18.2 Å². The molecule has 0 saturated carbocycles. The number of carbonyl (C=O) groups is 1. The quantitative estimate of drug-likeness (QED) is 0.210. The standard InChI is InChI=1S/C20H22F3N2O3.C6H5NOS.W/c1-25(13-15-6-4-3-5-7-15)9-8-16(14-26)24-17-10-18(27-2)12-19(11-17)28-20(21,22)23;1-3-5-7-6(8)4(2)9-5;/h3-7,10-12,14,16H,8-9,13H2,1-2H3;1,8H,2H3;/q-1;;. The van der Waals surface area contributed by atoms with Crippen LogP contribution in [0.3, 0.4) is 0 Å². The van der Waals surface area contributed by atoms with E-state index in [1.807, 2.05) is 42.3 Å². The van der Waals surface area contributed by atoms with Crippen LogP contribution < -0.4 is 9.47 Å². The van der Waals surface area contributed by atoms with E-state index in [1.165, 1.54) is 24.5 Å². The first-order chi connectivity index (χ1) is 17.5. The number of aromatic nitrogens is 1. The molecule has 0 aliphatic rings. The fourth-order valence-corrected chi connectivity index (χ4v) is 3.69. The van der Waals surface area contributed by atoms with Crippen molar-refractivity contribution in [3.63, 3.8) is 0 Å². The smallest absolute Gasteiger partial charge is 0.573 e. The van der Waals surface area contributed by atoms with Crippen molar-refractivity contribution in [3.8, 4) is 29.7 Å². The number of methoxy groups -OCH3 is 1. The van der Waals surface area contributed by atoms with Crippen LogP contribution in [0, 0.1) is 19.3 Å². The molecule has 0 aliphatic heterocycles. The number of benzene rings is 2. The largest absolute Gasteiger partial charge is 0.676 e. The predicted molar refractivity (Wildman–Crippen MR) is 136 cm³/mol. The number of terminal acetylenes is 1. The maximum Gasteiger partial charge on any atom is 0.573 e. The molecule has 7 nitrogen and oxygen atoms in total. The minimum atomic E-state index is -4.83. The zero-order valence-electron chi connectivity index (χ0n) is 20.9. The maximum atomic E-state index is 12.5. The summed E-state index contributed by atoms with van der Waals surface area (Å²) in [5, 5.41) is 13.6. The Morgan fingerprint density at radius 1 is 1.24 bits per heavy atom. The summed E-state index contributed by atoms with van der Waals surface area (Å²) < 4.78 is 46.3. The normalized spacial score (nSPS) is 11.3. The first-order valence-corrected chi connectivity index (χ1v) is 11.8. The van der Waals surface area contributed by atoms with Gasteiger partial charge in [0.15, 0.2) is 5.01 Å². The third kappa shape index (κ3) is 12.0. The third-order valence-electron chi connectivity index (χ3n) is 4.80. The minimum Gasteiger partial charge on any atom is -0.676 e. The number of hydrogen-bond acceptors (Lipinski definition) is 7. The van der Waals surface area contributed by atoms with Gasteiger partial charge in [-0.25, -0.2) is 0 Å². The van der Waals surface area contributed by atoms with E-state index in [0.29, 0.717) is 24.3 Å². The van der Waals surface area contributed by atoms with Gasteiger partial charge in [0.25, 0.3) is 0 Å². The SMILES string of the molecule is C#Cc1nc(O)c(C)s1.COc1cc([N-]C(C=O)CCN(C)Cc2ccccc2)cc(OC(F)(F)F)c1.[W]. The molecule has 0 saturated heterocycles. The predicted octanol–water partition coefficient (Wildman–Crippen LogP) is 5.82. The average Bonchev–Trinajstić information content (AvgIpc) is 3.18. The van der Waals surface area contributed by atoms with Crippen LogP contribution in [0.1, 0.15) is 21.9 Å². The van der Waals surface area contributed by atoms with Crippen molar-refractivity contribution in [1.29, 1.82) is 0 Å². The second kappa shape index (κ2) is 16.0. The minimum absolute atomic E-state index is 0. The van der Waals surface area contributed by atoms with Gasteiger partial charge in [-0.2, -0.15) is 4.98 Å². The summed E-state index contributed by atoms with van der Waals surface area (Å²) in [6.45, 7) is 3.08. The number of aryl methyl sites for hydroxylation is 1. The van der Waals surface area contributed by atoms with Crippen molar-refractivity contribution in [1.82, 2.24) is 9.88 Å². The molecular formula is C26H27F3N3O4SW-. The van der Waals surface area contributed by atoms with E-state index in [1.54, 1.807) is 6.92 Å². The summed E-state index contributed by atoms with van der Waals surface area (Å²) >= 11 is 1.32. The van der Waals surface area contributed by atoms with E-state index >= 15 is 0 Å². The van der Waals surface area contributed by atoms with Crippen LogP contribution in [0.15, 0.2) is 48.5 Å². The van der Waals surface area contributed by atoms with E-state index in [-0.39, 0.29) is 38.4 Å². The molecule has 0 fully saturated rings. The molecule has 0 aliphatic carbocycles. The molecular weight excluding hydrogens is 691 g/mol. The van der Waals surface area contributed by atoms with E-state index in [0.717, 1.165) is 29.1 Å². The molecule has 12 heteroatoms. The Kier molecular flexibility index (Phi) is 13.9. The van der Waals surface area contributed by atoms with E-state index in [2.05, 4.69) is 21.0 Å². The molecule has 0 bridgehead atoms. The van der Waals surface area contributed by atoms with Crippen molar-refractivity contribution < 1.29 is 53.6 Å². The molecule has 2 aromatic carbocycles. The second-order valence-electron chi connectivity index (χ2n) is 7.80. The van der Waals surface area contributed by atoms with Crippen molar-refractivity contribution in [2.24, 2.45) is 0 Å². The third-order valence-corrected chi connectivity index (χ3v) is 5.69. The number of halogens is 3. The number of alkyl halides is 3. The summed E-state index contributed by atoms with van der Waals surface area (Å²) in [5.41, 5.74) is 1.33. The molecule has 38 heavy (non-hydrogen) atoms. The Bertz CT molecular complexity index is 1170. The average molecular weight is 718 g/mol. The molecule has 204 valence electrons. The molecule has 0 radical (unpaired) electrons. The summed E-state index contributed by atoms with van der Waals surface area (Å²) in [4.78, 5) is 17.9. The molecule has 3 aromatic rings. The number of thiazole rings is 1. The number of nitrogens with zero attached hydrogens (tertiary/aromatic N) is 3. The fourth-order valence-electron chi connectivity index (χ4n) is 3.07. The molecule has 1 heterocycles. The molecule has 1 aromatic heterocycles. The Balaban J connectivity index is 0.000000610. The van der Waals surface area contributed by atoms with Crippen molar-refractivity contribution in [3.05, 3.63) is 69.3 Å². The monoisotopic (exact) mass is 718 g/mol. The van der Waals surface area contributed by atoms with Crippen LogP contribution in [0.25, 0.3) is 5.32 Å². The number of carbonyl (C=O) groups excluding carboxylic acids is 1. The number of ether oxygens (including phenoxy) is 2. The topological polar surface area (TPSA) is 86.0 Å². The van der Waals surface area contributed by atoms with Crippen LogP contribution in [-0.2, 0) is 32.4 Å². The van der Waals surface area contributed by atoms with Crippen molar-refractivity contribution in [2.45, 2.75) is 32.3 Å². The van der Waals surface area contributed by atoms with Crippen LogP contribution in [0.2, 0.25) is 0 Å². The summed E-state index contributed by atoms with van der Waals surface area (Å²) in [6, 6.07) is 12.9. The molecule has 1 atom stereocenters. The van der Waals surface area contributed by atoms with Gasteiger partial charge in [-0.05, 0) is 50.6 Å². The first kappa shape index (κ1) is 33.0. The summed E-state index contributed by atoms with van der Waals surface area (Å²) in [6.07, 6.45) is 1.30. The van der Waals surface area contributed by atoms with Crippen LogP contribution in [0.4, 0.5) is 18.9 Å². The number of hydrogen-bond donors (Lipinski definition) is 1. The molecule has 1 N–H and O–H groups in total. The van der Waals surface area contributed by atoms with Gasteiger partial charge in [0, 0.05) is 33.7 Å². The molecule has 0 amide bonds. The zero-order valence-corrected chi connectivity index (χ0v) is 24.7. The van der Waals surface area contributed by atoms with Gasteiger partial charge < -0.3 is 29.6 Å². The first-order valence-electron chi connectivity index (χ1n) is 11.0. The van der Waals surface area contributed by atoms with Gasteiger partial charge in [0.2, 0.25) is 5.88 Å². The Morgan fingerprint density at radius 2 is 1.89 bits per heavy atom. The summed E-state index contributed by atoms with van der Waals surface area (Å²) in [5.74, 6) is 2.10. The van der Waals surface area contributed by atoms with Gasteiger partial charge in [-0.1, -0.05) is 36.4 Å². The molecule has 3 rings (SSSR count). The van der Waals surface area contributed by atoms with Crippen LogP contribution >= 0.6 is 11.3 Å². The number of rotatable bonds is 10.